The number of hydrogen-bond donors (Lipinski definition) is 0. The molecule has 1 aliphatic rings. The highest BCUT2D eigenvalue weighted by Crippen LogP contribution is 2.33. The summed E-state index contributed by atoms with van der Waals surface area (Å²) in [6, 6.07) is 6.06. The summed E-state index contributed by atoms with van der Waals surface area (Å²) in [6.45, 7) is 3.55. The molecule has 1 aliphatic heterocycles. The molecular weight excluding hydrogens is 268 g/mol. The molecule has 1 aromatic carbocycles. The summed E-state index contributed by atoms with van der Waals surface area (Å²) >= 11 is 3.45. The largest absolute Gasteiger partial charge is 0.491 e. The normalized spacial score (nSPS) is 13.6. The van der Waals surface area contributed by atoms with Crippen molar-refractivity contribution < 1.29 is 4.74 Å². The molecule has 0 unspecified atom stereocenters. The Morgan fingerprint density at radius 3 is 3.19 bits per heavy atom. The number of hydrogen-bond acceptors (Lipinski definition) is 2. The first-order chi connectivity index (χ1) is 7.74. The first-order valence-corrected chi connectivity index (χ1v) is 6.00. The molecule has 0 saturated carbocycles. The summed E-state index contributed by atoms with van der Waals surface area (Å²) in [7, 11) is 0. The molecule has 1 aromatic heterocycles. The molecule has 82 valence electrons. The van der Waals surface area contributed by atoms with Gasteiger partial charge in [-0.2, -0.15) is 0 Å². The maximum Gasteiger partial charge on any atom is 0.144 e. The van der Waals surface area contributed by atoms with E-state index in [1.54, 1.807) is 0 Å². The number of fused-ring (bicyclic) bond motifs is 3. The van der Waals surface area contributed by atoms with Crippen molar-refractivity contribution in [1.29, 1.82) is 0 Å². The van der Waals surface area contributed by atoms with Crippen LogP contribution in [0.2, 0.25) is 0 Å². The first-order valence-electron chi connectivity index (χ1n) is 5.20. The highest BCUT2D eigenvalue weighted by molar-refractivity contribution is 9.10. The Morgan fingerprint density at radius 2 is 2.31 bits per heavy atom. The van der Waals surface area contributed by atoms with Crippen molar-refractivity contribution >= 4 is 15.9 Å². The van der Waals surface area contributed by atoms with Crippen molar-refractivity contribution in [3.8, 4) is 17.1 Å². The van der Waals surface area contributed by atoms with Gasteiger partial charge in [-0.3, -0.25) is 0 Å². The molecule has 4 heteroatoms. The molecule has 0 aliphatic carbocycles. The lowest BCUT2D eigenvalue weighted by Crippen LogP contribution is -2.04. The second-order valence-electron chi connectivity index (χ2n) is 3.89. The molecule has 0 radical (unpaired) electrons. The van der Waals surface area contributed by atoms with Crippen LogP contribution in [0.1, 0.15) is 5.69 Å². The van der Waals surface area contributed by atoms with E-state index in [4.69, 9.17) is 4.74 Å². The van der Waals surface area contributed by atoms with Gasteiger partial charge in [0.05, 0.1) is 17.8 Å². The monoisotopic (exact) mass is 278 g/mol. The van der Waals surface area contributed by atoms with Crippen molar-refractivity contribution in [3.05, 3.63) is 34.6 Å². The topological polar surface area (TPSA) is 27.1 Å². The quantitative estimate of drug-likeness (QED) is 0.741. The molecular formula is C12H11BrN2O. The Kier molecular flexibility index (Phi) is 2.24. The molecule has 2 heterocycles. The SMILES string of the molecule is Cc1cn2c(n1)-c1ccc(Br)cc1OCC2. The second kappa shape index (κ2) is 3.63. The maximum atomic E-state index is 5.72. The Morgan fingerprint density at radius 1 is 1.44 bits per heavy atom. The minimum Gasteiger partial charge on any atom is -0.491 e. The summed E-state index contributed by atoms with van der Waals surface area (Å²) in [6.07, 6.45) is 2.07. The second-order valence-corrected chi connectivity index (χ2v) is 4.80. The van der Waals surface area contributed by atoms with Gasteiger partial charge in [0.25, 0.3) is 0 Å². The minimum atomic E-state index is 0.687. The fraction of sp³-hybridized carbons (Fsp3) is 0.250. The van der Waals surface area contributed by atoms with Gasteiger partial charge in [0.2, 0.25) is 0 Å². The van der Waals surface area contributed by atoms with Crippen molar-refractivity contribution in [2.75, 3.05) is 6.61 Å². The van der Waals surface area contributed by atoms with Crippen LogP contribution < -0.4 is 4.74 Å². The van der Waals surface area contributed by atoms with Crippen LogP contribution in [0.15, 0.2) is 28.9 Å². The molecule has 0 saturated heterocycles. The van der Waals surface area contributed by atoms with E-state index in [1.165, 1.54) is 0 Å². The molecule has 3 rings (SSSR count). The Balaban J connectivity index is 2.24. The lowest BCUT2D eigenvalue weighted by molar-refractivity contribution is 0.306. The Hall–Kier alpha value is -1.29. The molecule has 0 bridgehead atoms. The average Bonchev–Trinajstić information content (AvgIpc) is 2.52. The van der Waals surface area contributed by atoms with Gasteiger partial charge in [-0.1, -0.05) is 15.9 Å². The molecule has 3 nitrogen and oxygen atoms in total. The van der Waals surface area contributed by atoms with Gasteiger partial charge < -0.3 is 9.30 Å². The standard InChI is InChI=1S/C12H11BrN2O/c1-8-7-15-4-5-16-11-6-9(13)2-3-10(11)12(15)14-8/h2-3,6-7H,4-5H2,1H3. The van der Waals surface area contributed by atoms with E-state index in [0.717, 1.165) is 33.8 Å². The van der Waals surface area contributed by atoms with Crippen LogP contribution in [-0.4, -0.2) is 16.2 Å². The zero-order chi connectivity index (χ0) is 11.1. The predicted molar refractivity (Wildman–Crippen MR) is 65.6 cm³/mol. The zero-order valence-electron chi connectivity index (χ0n) is 8.90. The molecule has 0 fully saturated rings. The molecule has 0 amide bonds. The lowest BCUT2D eigenvalue weighted by atomic mass is 10.2. The third-order valence-corrected chi connectivity index (χ3v) is 3.16. The number of rotatable bonds is 0. The fourth-order valence-corrected chi connectivity index (χ4v) is 2.33. The highest BCUT2D eigenvalue weighted by atomic mass is 79.9. The predicted octanol–water partition coefficient (Wildman–Crippen LogP) is 3.01. The Labute approximate surface area is 102 Å². The molecule has 0 N–H and O–H groups in total. The van der Waals surface area contributed by atoms with Gasteiger partial charge in [-0.15, -0.1) is 0 Å². The van der Waals surface area contributed by atoms with Crippen molar-refractivity contribution in [2.45, 2.75) is 13.5 Å². The number of aryl methyl sites for hydroxylation is 1. The van der Waals surface area contributed by atoms with E-state index >= 15 is 0 Å². The summed E-state index contributed by atoms with van der Waals surface area (Å²) in [4.78, 5) is 4.55. The first kappa shape index (κ1) is 9.90. The smallest absolute Gasteiger partial charge is 0.144 e. The van der Waals surface area contributed by atoms with Crippen molar-refractivity contribution in [1.82, 2.24) is 9.55 Å². The van der Waals surface area contributed by atoms with Crippen LogP contribution in [0.25, 0.3) is 11.4 Å². The van der Waals surface area contributed by atoms with E-state index in [-0.39, 0.29) is 0 Å². The van der Waals surface area contributed by atoms with Crippen LogP contribution in [-0.2, 0) is 6.54 Å². The zero-order valence-corrected chi connectivity index (χ0v) is 10.5. The van der Waals surface area contributed by atoms with Gasteiger partial charge in [0.15, 0.2) is 0 Å². The average molecular weight is 279 g/mol. The summed E-state index contributed by atoms with van der Waals surface area (Å²) < 4.78 is 8.90. The highest BCUT2D eigenvalue weighted by Gasteiger charge is 2.17. The number of halogens is 1. The van der Waals surface area contributed by atoms with Crippen molar-refractivity contribution in [3.63, 3.8) is 0 Å². The maximum absolute atomic E-state index is 5.72. The van der Waals surface area contributed by atoms with Crippen LogP contribution in [0, 0.1) is 6.92 Å². The molecule has 0 atom stereocenters. The number of imidazole rings is 1. The number of benzene rings is 1. The summed E-state index contributed by atoms with van der Waals surface area (Å²) in [5, 5.41) is 0. The lowest BCUT2D eigenvalue weighted by Gasteiger charge is -2.05. The summed E-state index contributed by atoms with van der Waals surface area (Å²) in [5.74, 6) is 1.90. The van der Waals surface area contributed by atoms with Crippen molar-refractivity contribution in [2.24, 2.45) is 0 Å². The third kappa shape index (κ3) is 1.53. The Bertz CT molecular complexity index is 548. The van der Waals surface area contributed by atoms with Gasteiger partial charge in [0.1, 0.15) is 18.2 Å². The number of ether oxygens (including phenoxy) is 1. The molecule has 16 heavy (non-hydrogen) atoms. The van der Waals surface area contributed by atoms with Crippen LogP contribution in [0.4, 0.5) is 0 Å². The van der Waals surface area contributed by atoms with Crippen LogP contribution >= 0.6 is 15.9 Å². The fourth-order valence-electron chi connectivity index (χ4n) is 1.99. The van der Waals surface area contributed by atoms with Gasteiger partial charge in [0, 0.05) is 10.7 Å². The van der Waals surface area contributed by atoms with E-state index in [0.29, 0.717) is 6.61 Å². The van der Waals surface area contributed by atoms with E-state index < -0.39 is 0 Å². The van der Waals surface area contributed by atoms with Gasteiger partial charge in [-0.05, 0) is 25.1 Å². The number of nitrogens with zero attached hydrogens (tertiary/aromatic N) is 2. The number of aromatic nitrogens is 2. The van der Waals surface area contributed by atoms with Gasteiger partial charge >= 0.3 is 0 Å². The van der Waals surface area contributed by atoms with Gasteiger partial charge in [-0.25, -0.2) is 4.98 Å². The van der Waals surface area contributed by atoms with E-state index in [1.807, 2.05) is 25.1 Å². The van der Waals surface area contributed by atoms with E-state index in [2.05, 4.69) is 31.7 Å². The molecule has 2 aromatic rings. The van der Waals surface area contributed by atoms with Crippen LogP contribution in [0.3, 0.4) is 0 Å². The summed E-state index contributed by atoms with van der Waals surface area (Å²) in [5.41, 5.74) is 2.11. The third-order valence-electron chi connectivity index (χ3n) is 2.67. The van der Waals surface area contributed by atoms with Crippen LogP contribution in [0.5, 0.6) is 5.75 Å². The van der Waals surface area contributed by atoms with E-state index in [9.17, 15) is 0 Å². The molecule has 0 spiro atoms. The minimum absolute atomic E-state index is 0.687.